The number of hydrogen-bond acceptors (Lipinski definition) is 3. The summed E-state index contributed by atoms with van der Waals surface area (Å²) >= 11 is 0. The average molecular weight is 278 g/mol. The fourth-order valence-electron chi connectivity index (χ4n) is 1.92. The molecule has 1 rings (SSSR count). The van der Waals surface area contributed by atoms with Crippen LogP contribution in [0, 0.1) is 0 Å². The van der Waals surface area contributed by atoms with Crippen LogP contribution in [0.2, 0.25) is 0 Å². The van der Waals surface area contributed by atoms with E-state index in [1.54, 1.807) is 0 Å². The number of benzene rings is 1. The Morgan fingerprint density at radius 2 is 1.70 bits per heavy atom. The van der Waals surface area contributed by atoms with E-state index in [0.29, 0.717) is 5.56 Å². The van der Waals surface area contributed by atoms with Crippen LogP contribution in [0.5, 0.6) is 0 Å². The second-order valence-electron chi connectivity index (χ2n) is 4.95. The van der Waals surface area contributed by atoms with Crippen molar-refractivity contribution in [1.29, 1.82) is 0 Å². The van der Waals surface area contributed by atoms with Crippen LogP contribution < -0.4 is 0 Å². The molecule has 0 spiro atoms. The molecule has 0 radical (unpaired) electrons. The Bertz CT molecular complexity index is 436. The maximum Gasteiger partial charge on any atom is 0.338 e. The van der Waals surface area contributed by atoms with E-state index in [9.17, 15) is 9.59 Å². The molecule has 4 nitrogen and oxygen atoms in total. The first kappa shape index (κ1) is 16.2. The van der Waals surface area contributed by atoms with Gasteiger partial charge in [-0.2, -0.15) is 0 Å². The second-order valence-corrected chi connectivity index (χ2v) is 4.95. The second kappa shape index (κ2) is 8.35. The third kappa shape index (κ3) is 5.43. The molecule has 0 aliphatic rings. The Balaban J connectivity index is 2.43. The number of carbonyl (C=O) groups is 2. The van der Waals surface area contributed by atoms with E-state index < -0.39 is 11.9 Å². The summed E-state index contributed by atoms with van der Waals surface area (Å²) in [6.07, 6.45) is 5.35. The first-order valence-corrected chi connectivity index (χ1v) is 7.09. The maximum atomic E-state index is 11.9. The molecule has 0 saturated carbocycles. The molecule has 0 fully saturated rings. The van der Waals surface area contributed by atoms with Gasteiger partial charge in [0.2, 0.25) is 0 Å². The van der Waals surface area contributed by atoms with Gasteiger partial charge < -0.3 is 9.84 Å². The smallest absolute Gasteiger partial charge is 0.338 e. The average Bonchev–Trinajstić information content (AvgIpc) is 2.43. The summed E-state index contributed by atoms with van der Waals surface area (Å²) in [7, 11) is 0. The Kier molecular flexibility index (Phi) is 6.77. The highest BCUT2D eigenvalue weighted by Gasteiger charge is 2.12. The molecule has 0 unspecified atom stereocenters. The minimum absolute atomic E-state index is 0.112. The quantitative estimate of drug-likeness (QED) is 0.578. The van der Waals surface area contributed by atoms with Crippen molar-refractivity contribution in [3.05, 3.63) is 35.4 Å². The topological polar surface area (TPSA) is 63.6 Å². The zero-order chi connectivity index (χ0) is 15.0. The number of unbranched alkanes of at least 4 members (excludes halogenated alkanes) is 3. The van der Waals surface area contributed by atoms with Crippen molar-refractivity contribution in [2.75, 3.05) is 0 Å². The van der Waals surface area contributed by atoms with Gasteiger partial charge >= 0.3 is 11.9 Å². The molecule has 0 aliphatic carbocycles. The van der Waals surface area contributed by atoms with E-state index in [1.807, 2.05) is 6.92 Å². The molecule has 1 aromatic carbocycles. The number of ether oxygens (including phenoxy) is 1. The molecule has 1 aromatic rings. The van der Waals surface area contributed by atoms with Gasteiger partial charge in [-0.15, -0.1) is 0 Å². The van der Waals surface area contributed by atoms with Crippen LogP contribution in [0.1, 0.15) is 66.7 Å². The van der Waals surface area contributed by atoms with E-state index in [0.717, 1.165) is 19.3 Å². The summed E-state index contributed by atoms with van der Waals surface area (Å²) in [6, 6.07) is 5.78. The molecular weight excluding hydrogens is 256 g/mol. The molecule has 0 aromatic heterocycles. The van der Waals surface area contributed by atoms with Crippen LogP contribution in [-0.4, -0.2) is 23.1 Å². The van der Waals surface area contributed by atoms with Gasteiger partial charge in [0.15, 0.2) is 0 Å². The van der Waals surface area contributed by atoms with Crippen molar-refractivity contribution in [2.24, 2.45) is 0 Å². The number of hydrogen-bond donors (Lipinski definition) is 1. The van der Waals surface area contributed by atoms with Crippen molar-refractivity contribution in [2.45, 2.75) is 52.1 Å². The number of carbonyl (C=O) groups excluding carboxylic acids is 1. The van der Waals surface area contributed by atoms with Gasteiger partial charge in [-0.3, -0.25) is 0 Å². The number of rotatable bonds is 8. The summed E-state index contributed by atoms with van der Waals surface area (Å²) in [5.41, 5.74) is 0.546. The van der Waals surface area contributed by atoms with E-state index >= 15 is 0 Å². The third-order valence-electron chi connectivity index (χ3n) is 3.14. The number of carboxylic acid groups (broad SMARTS) is 1. The monoisotopic (exact) mass is 278 g/mol. The third-order valence-corrected chi connectivity index (χ3v) is 3.14. The largest absolute Gasteiger partial charge is 0.478 e. The van der Waals surface area contributed by atoms with E-state index in [1.165, 1.54) is 37.1 Å². The summed E-state index contributed by atoms with van der Waals surface area (Å²) in [5, 5.41) is 8.78. The predicted octanol–water partition coefficient (Wildman–Crippen LogP) is 3.90. The van der Waals surface area contributed by atoms with E-state index in [-0.39, 0.29) is 11.7 Å². The lowest BCUT2D eigenvalue weighted by Gasteiger charge is -2.13. The molecular formula is C16H22O4. The fraction of sp³-hybridized carbons (Fsp3) is 0.500. The Labute approximate surface area is 119 Å². The highest BCUT2D eigenvalue weighted by molar-refractivity contribution is 5.92. The molecule has 0 aliphatic heterocycles. The molecule has 1 N–H and O–H groups in total. The highest BCUT2D eigenvalue weighted by atomic mass is 16.5. The van der Waals surface area contributed by atoms with Crippen molar-refractivity contribution in [3.63, 3.8) is 0 Å². The van der Waals surface area contributed by atoms with Crippen molar-refractivity contribution >= 4 is 11.9 Å². The summed E-state index contributed by atoms with van der Waals surface area (Å²) in [6.45, 7) is 4.04. The zero-order valence-electron chi connectivity index (χ0n) is 12.1. The lowest BCUT2D eigenvalue weighted by atomic mass is 10.1. The summed E-state index contributed by atoms with van der Waals surface area (Å²) < 4.78 is 5.33. The lowest BCUT2D eigenvalue weighted by Crippen LogP contribution is -2.15. The predicted molar refractivity (Wildman–Crippen MR) is 77.0 cm³/mol. The molecule has 1 atom stereocenters. The van der Waals surface area contributed by atoms with Gasteiger partial charge in [-0.1, -0.05) is 26.2 Å². The van der Waals surface area contributed by atoms with Crippen LogP contribution >= 0.6 is 0 Å². The molecule has 0 bridgehead atoms. The Morgan fingerprint density at radius 1 is 1.10 bits per heavy atom. The van der Waals surface area contributed by atoms with Crippen molar-refractivity contribution in [3.8, 4) is 0 Å². The normalized spacial score (nSPS) is 11.9. The minimum atomic E-state index is -1.01. The van der Waals surface area contributed by atoms with Crippen LogP contribution in [0.3, 0.4) is 0 Å². The first-order chi connectivity index (χ1) is 9.54. The number of carboxylic acids is 1. The maximum absolute atomic E-state index is 11.9. The summed E-state index contributed by atoms with van der Waals surface area (Å²) in [4.78, 5) is 22.6. The molecule has 4 heteroatoms. The van der Waals surface area contributed by atoms with E-state index in [2.05, 4.69) is 6.92 Å². The SMILES string of the molecule is CCCCCC[C@@H](C)OC(=O)c1ccc(C(=O)O)cc1. The lowest BCUT2D eigenvalue weighted by molar-refractivity contribution is 0.0319. The Hall–Kier alpha value is -1.84. The molecule has 0 saturated heterocycles. The highest BCUT2D eigenvalue weighted by Crippen LogP contribution is 2.11. The zero-order valence-corrected chi connectivity index (χ0v) is 12.1. The van der Waals surface area contributed by atoms with Crippen molar-refractivity contribution in [1.82, 2.24) is 0 Å². The molecule has 0 heterocycles. The molecule has 0 amide bonds. The minimum Gasteiger partial charge on any atom is -0.478 e. The van der Waals surface area contributed by atoms with Gasteiger partial charge in [-0.05, 0) is 44.0 Å². The molecule has 20 heavy (non-hydrogen) atoms. The summed E-state index contributed by atoms with van der Waals surface area (Å²) in [5.74, 6) is -1.40. The molecule has 110 valence electrons. The van der Waals surface area contributed by atoms with E-state index in [4.69, 9.17) is 9.84 Å². The Morgan fingerprint density at radius 3 is 2.25 bits per heavy atom. The van der Waals surface area contributed by atoms with Gasteiger partial charge in [0.05, 0.1) is 17.2 Å². The standard InChI is InChI=1S/C16H22O4/c1-3-4-5-6-7-12(2)20-16(19)14-10-8-13(9-11-14)15(17)18/h8-12H,3-7H2,1-2H3,(H,17,18)/t12-/m1/s1. The van der Waals surface area contributed by atoms with Crippen LogP contribution in [0.25, 0.3) is 0 Å². The van der Waals surface area contributed by atoms with Gasteiger partial charge in [0.1, 0.15) is 0 Å². The first-order valence-electron chi connectivity index (χ1n) is 7.09. The fourth-order valence-corrected chi connectivity index (χ4v) is 1.92. The van der Waals surface area contributed by atoms with Crippen LogP contribution in [-0.2, 0) is 4.74 Å². The van der Waals surface area contributed by atoms with Crippen molar-refractivity contribution < 1.29 is 19.4 Å². The van der Waals surface area contributed by atoms with Crippen LogP contribution in [0.15, 0.2) is 24.3 Å². The van der Waals surface area contributed by atoms with Gasteiger partial charge in [-0.25, -0.2) is 9.59 Å². The number of esters is 1. The van der Waals surface area contributed by atoms with Gasteiger partial charge in [0, 0.05) is 0 Å². The van der Waals surface area contributed by atoms with Crippen LogP contribution in [0.4, 0.5) is 0 Å². The number of aromatic carboxylic acids is 1. The van der Waals surface area contributed by atoms with Gasteiger partial charge in [0.25, 0.3) is 0 Å².